The summed E-state index contributed by atoms with van der Waals surface area (Å²) in [5, 5.41) is 2.76. The van der Waals surface area contributed by atoms with Gasteiger partial charge in [-0.3, -0.25) is 20.6 Å². The summed E-state index contributed by atoms with van der Waals surface area (Å²) in [5.41, 5.74) is 4.79. The normalized spacial score (nSPS) is 10.1. The summed E-state index contributed by atoms with van der Waals surface area (Å²) >= 11 is 3.31. The minimum Gasteiger partial charge on any atom is -0.323 e. The summed E-state index contributed by atoms with van der Waals surface area (Å²) in [7, 11) is 0. The number of hydrogen-bond donors (Lipinski definition) is 3. The summed E-state index contributed by atoms with van der Waals surface area (Å²) in [5.74, 6) is 5.10. The van der Waals surface area contributed by atoms with Gasteiger partial charge in [0.05, 0.1) is 21.4 Å². The number of anilines is 2. The van der Waals surface area contributed by atoms with Crippen LogP contribution in [0.5, 0.6) is 0 Å². The molecule has 0 saturated heterocycles. The van der Waals surface area contributed by atoms with Crippen molar-refractivity contribution in [1.29, 1.82) is 0 Å². The molecule has 6 nitrogen and oxygen atoms in total. The predicted octanol–water partition coefficient (Wildman–Crippen LogP) is 2.09. The van der Waals surface area contributed by atoms with Crippen LogP contribution in [0.4, 0.5) is 11.4 Å². The van der Waals surface area contributed by atoms with E-state index in [4.69, 9.17) is 5.84 Å². The number of aromatic nitrogens is 2. The van der Waals surface area contributed by atoms with E-state index in [-0.39, 0.29) is 5.91 Å². The molecule has 7 heteroatoms. The van der Waals surface area contributed by atoms with Gasteiger partial charge in [0.1, 0.15) is 0 Å². The maximum atomic E-state index is 12.2. The van der Waals surface area contributed by atoms with E-state index in [9.17, 15) is 4.79 Å². The summed E-state index contributed by atoms with van der Waals surface area (Å²) in [6, 6.07) is 3.40. The van der Waals surface area contributed by atoms with Crippen LogP contribution in [0.1, 0.15) is 16.1 Å². The van der Waals surface area contributed by atoms with Gasteiger partial charge in [-0.15, -0.1) is 0 Å². The van der Waals surface area contributed by atoms with Gasteiger partial charge in [-0.1, -0.05) is 0 Å². The number of aryl methyl sites for hydroxylation is 1. The Morgan fingerprint density at radius 3 is 2.84 bits per heavy atom. The highest BCUT2D eigenvalue weighted by molar-refractivity contribution is 9.10. The van der Waals surface area contributed by atoms with Crippen molar-refractivity contribution in [1.82, 2.24) is 9.97 Å². The molecule has 0 spiro atoms. The fourth-order valence-electron chi connectivity index (χ4n) is 1.53. The number of pyridine rings is 2. The van der Waals surface area contributed by atoms with Gasteiger partial charge in [0.15, 0.2) is 0 Å². The van der Waals surface area contributed by atoms with E-state index < -0.39 is 0 Å². The van der Waals surface area contributed by atoms with E-state index in [2.05, 4.69) is 36.6 Å². The van der Waals surface area contributed by atoms with Gasteiger partial charge in [-0.05, 0) is 35.0 Å². The van der Waals surface area contributed by atoms with Crippen LogP contribution in [0.2, 0.25) is 0 Å². The number of amides is 1. The van der Waals surface area contributed by atoms with Crippen molar-refractivity contribution in [2.45, 2.75) is 6.92 Å². The van der Waals surface area contributed by atoms with Gasteiger partial charge in [-0.25, -0.2) is 0 Å². The summed E-state index contributed by atoms with van der Waals surface area (Å²) in [4.78, 5) is 20.2. The fraction of sp³-hybridized carbons (Fsp3) is 0.0833. The van der Waals surface area contributed by atoms with Crippen LogP contribution >= 0.6 is 15.9 Å². The van der Waals surface area contributed by atoms with E-state index in [1.807, 2.05) is 6.92 Å². The predicted molar refractivity (Wildman–Crippen MR) is 76.7 cm³/mol. The van der Waals surface area contributed by atoms with E-state index in [0.29, 0.717) is 21.4 Å². The standard InChI is InChI=1S/C12H12BrN5O/c1-7-4-11(18-14)8(5-16-7)12(19)17-10-2-3-15-6-9(10)13/h2-6H,14H2,1H3,(H,16,18)(H,15,17,19). The van der Waals surface area contributed by atoms with Crippen LogP contribution in [-0.2, 0) is 0 Å². The summed E-state index contributed by atoms with van der Waals surface area (Å²) in [6.07, 6.45) is 4.68. The second-order valence-electron chi connectivity index (χ2n) is 3.83. The summed E-state index contributed by atoms with van der Waals surface area (Å²) < 4.78 is 0.700. The molecule has 0 radical (unpaired) electrons. The van der Waals surface area contributed by atoms with Crippen molar-refractivity contribution in [3.8, 4) is 0 Å². The molecule has 2 aromatic rings. The first kappa shape index (κ1) is 13.4. The minimum absolute atomic E-state index is 0.299. The zero-order valence-electron chi connectivity index (χ0n) is 10.1. The molecule has 2 rings (SSSR count). The third-order valence-electron chi connectivity index (χ3n) is 2.46. The lowest BCUT2D eigenvalue weighted by atomic mass is 10.2. The zero-order chi connectivity index (χ0) is 13.8. The lowest BCUT2D eigenvalue weighted by molar-refractivity contribution is 0.102. The molecule has 2 aromatic heterocycles. The van der Waals surface area contributed by atoms with E-state index in [1.54, 1.807) is 24.5 Å². The van der Waals surface area contributed by atoms with Crippen molar-refractivity contribution in [2.75, 3.05) is 10.7 Å². The smallest absolute Gasteiger partial charge is 0.259 e. The van der Waals surface area contributed by atoms with Gasteiger partial charge >= 0.3 is 0 Å². The SMILES string of the molecule is Cc1cc(NN)c(C(=O)Nc2ccncc2Br)cn1. The first-order chi connectivity index (χ1) is 9.11. The number of nitrogens with two attached hydrogens (primary N) is 1. The highest BCUT2D eigenvalue weighted by Gasteiger charge is 2.13. The van der Waals surface area contributed by atoms with Gasteiger partial charge in [0.2, 0.25) is 0 Å². The van der Waals surface area contributed by atoms with Crippen LogP contribution in [0.15, 0.2) is 35.2 Å². The van der Waals surface area contributed by atoms with Gasteiger partial charge < -0.3 is 10.7 Å². The Bertz CT molecular complexity index is 617. The first-order valence-corrected chi connectivity index (χ1v) is 6.25. The average molecular weight is 322 g/mol. The molecular weight excluding hydrogens is 310 g/mol. The van der Waals surface area contributed by atoms with Crippen molar-refractivity contribution in [3.05, 3.63) is 46.5 Å². The number of rotatable bonds is 3. The topological polar surface area (TPSA) is 92.9 Å². The van der Waals surface area contributed by atoms with Crippen molar-refractivity contribution in [2.24, 2.45) is 5.84 Å². The molecule has 0 aliphatic carbocycles. The van der Waals surface area contributed by atoms with Crippen LogP contribution < -0.4 is 16.6 Å². The van der Waals surface area contributed by atoms with Gasteiger partial charge in [0, 0.05) is 24.3 Å². The van der Waals surface area contributed by atoms with E-state index >= 15 is 0 Å². The molecular formula is C12H12BrN5O. The second kappa shape index (κ2) is 5.77. The highest BCUT2D eigenvalue weighted by atomic mass is 79.9. The highest BCUT2D eigenvalue weighted by Crippen LogP contribution is 2.22. The van der Waals surface area contributed by atoms with Crippen LogP contribution in [0.3, 0.4) is 0 Å². The van der Waals surface area contributed by atoms with Gasteiger partial charge in [0.25, 0.3) is 5.91 Å². The molecule has 0 unspecified atom stereocenters. The molecule has 98 valence electrons. The van der Waals surface area contributed by atoms with Crippen LogP contribution in [-0.4, -0.2) is 15.9 Å². The number of nitrogens with one attached hydrogen (secondary N) is 2. The molecule has 0 aliphatic heterocycles. The average Bonchev–Trinajstić information content (AvgIpc) is 2.41. The zero-order valence-corrected chi connectivity index (χ0v) is 11.7. The minimum atomic E-state index is -0.299. The van der Waals surface area contributed by atoms with Crippen LogP contribution in [0.25, 0.3) is 0 Å². The summed E-state index contributed by atoms with van der Waals surface area (Å²) in [6.45, 7) is 1.82. The van der Waals surface area contributed by atoms with Crippen molar-refractivity contribution >= 4 is 33.2 Å². The third-order valence-corrected chi connectivity index (χ3v) is 3.09. The molecule has 1 amide bonds. The molecule has 0 fully saturated rings. The number of hydrazine groups is 1. The first-order valence-electron chi connectivity index (χ1n) is 5.46. The monoisotopic (exact) mass is 321 g/mol. The quantitative estimate of drug-likeness (QED) is 0.594. The van der Waals surface area contributed by atoms with Gasteiger partial charge in [-0.2, -0.15) is 0 Å². The Kier molecular flexibility index (Phi) is 4.08. The Morgan fingerprint density at radius 2 is 2.16 bits per heavy atom. The molecule has 0 aliphatic rings. The van der Waals surface area contributed by atoms with E-state index in [1.165, 1.54) is 6.20 Å². The Hall–Kier alpha value is -1.99. The number of nitrogens with zero attached hydrogens (tertiary/aromatic N) is 2. The molecule has 0 aromatic carbocycles. The van der Waals surface area contributed by atoms with Crippen LogP contribution in [0, 0.1) is 6.92 Å². The molecule has 0 saturated carbocycles. The van der Waals surface area contributed by atoms with Crippen molar-refractivity contribution < 1.29 is 4.79 Å². The maximum Gasteiger partial charge on any atom is 0.259 e. The maximum absolute atomic E-state index is 12.2. The lowest BCUT2D eigenvalue weighted by Crippen LogP contribution is -2.18. The third kappa shape index (κ3) is 3.07. The largest absolute Gasteiger partial charge is 0.323 e. The molecule has 4 N–H and O–H groups in total. The van der Waals surface area contributed by atoms with Crippen molar-refractivity contribution in [3.63, 3.8) is 0 Å². The Balaban J connectivity index is 2.28. The molecule has 0 bridgehead atoms. The molecule has 0 atom stereocenters. The number of hydrogen-bond acceptors (Lipinski definition) is 5. The lowest BCUT2D eigenvalue weighted by Gasteiger charge is -2.10. The number of carbonyl (C=O) groups is 1. The molecule has 2 heterocycles. The number of halogens is 1. The van der Waals surface area contributed by atoms with E-state index in [0.717, 1.165) is 5.69 Å². The Morgan fingerprint density at radius 1 is 1.37 bits per heavy atom. The number of nitrogen functional groups attached to an aromatic ring is 1. The number of carbonyl (C=O) groups excluding carboxylic acids is 1. The second-order valence-corrected chi connectivity index (χ2v) is 4.68. The Labute approximate surface area is 118 Å². The fourth-order valence-corrected chi connectivity index (χ4v) is 1.88. The molecule has 19 heavy (non-hydrogen) atoms.